The van der Waals surface area contributed by atoms with E-state index in [2.05, 4.69) is 4.74 Å². The molecule has 0 aromatic carbocycles. The lowest BCUT2D eigenvalue weighted by molar-refractivity contribution is -0.206. The molecule has 0 N–H and O–H groups in total. The normalized spacial score (nSPS) is 33.7. The molecule has 1 aliphatic heterocycles. The van der Waals surface area contributed by atoms with Crippen LogP contribution in [0.3, 0.4) is 0 Å². The Balaban J connectivity index is 2.50. The Labute approximate surface area is 79.2 Å². The summed E-state index contributed by atoms with van der Waals surface area (Å²) in [7, 11) is 0. The quantitative estimate of drug-likeness (QED) is 0.516. The van der Waals surface area contributed by atoms with Gasteiger partial charge in [0, 0.05) is 0 Å². The van der Waals surface area contributed by atoms with E-state index < -0.39 is 23.9 Å². The summed E-state index contributed by atoms with van der Waals surface area (Å²) in [5, 5.41) is 0. The van der Waals surface area contributed by atoms with Gasteiger partial charge in [0.25, 0.3) is 0 Å². The van der Waals surface area contributed by atoms with E-state index in [1.807, 2.05) is 0 Å². The van der Waals surface area contributed by atoms with Crippen molar-refractivity contribution in [3.05, 3.63) is 0 Å². The summed E-state index contributed by atoms with van der Waals surface area (Å²) in [6.45, 7) is 4.69. The molecule has 0 aliphatic carbocycles. The molecule has 3 atom stereocenters. The Hall–Kier alpha value is -0.780. The van der Waals surface area contributed by atoms with Gasteiger partial charge >= 0.3 is 12.1 Å². The summed E-state index contributed by atoms with van der Waals surface area (Å²) >= 11 is 0. The predicted molar refractivity (Wildman–Crippen MR) is 40.6 cm³/mol. The molecular formula is C8H11F3O3. The van der Waals surface area contributed by atoms with Crippen molar-refractivity contribution in [3.8, 4) is 0 Å². The molecule has 1 aliphatic rings. The fraction of sp³-hybridized carbons (Fsp3) is 0.875. The predicted octanol–water partition coefficient (Wildman–Crippen LogP) is 1.66. The van der Waals surface area contributed by atoms with Crippen LogP contribution in [-0.4, -0.2) is 30.0 Å². The van der Waals surface area contributed by atoms with E-state index in [0.29, 0.717) is 0 Å². The highest BCUT2D eigenvalue weighted by atomic mass is 19.4. The third kappa shape index (κ3) is 2.00. The summed E-state index contributed by atoms with van der Waals surface area (Å²) in [5.41, 5.74) is -0.777. The molecule has 1 heterocycles. The first-order valence-electron chi connectivity index (χ1n) is 4.13. The minimum Gasteiger partial charge on any atom is -0.453 e. The van der Waals surface area contributed by atoms with Crippen molar-refractivity contribution in [1.29, 1.82) is 0 Å². The lowest BCUT2D eigenvalue weighted by Gasteiger charge is -2.17. The number of hydrogen-bond donors (Lipinski definition) is 0. The number of epoxide rings is 1. The van der Waals surface area contributed by atoms with Crippen molar-refractivity contribution in [3.63, 3.8) is 0 Å². The molecule has 0 unspecified atom stereocenters. The maximum atomic E-state index is 11.8. The molecule has 1 fully saturated rings. The summed E-state index contributed by atoms with van der Waals surface area (Å²) in [4.78, 5) is 10.5. The molecule has 0 saturated carbocycles. The molecule has 6 heteroatoms. The third-order valence-corrected chi connectivity index (χ3v) is 2.50. The average molecular weight is 212 g/mol. The van der Waals surface area contributed by atoms with E-state index in [9.17, 15) is 18.0 Å². The van der Waals surface area contributed by atoms with Crippen LogP contribution >= 0.6 is 0 Å². The second kappa shape index (κ2) is 3.12. The van der Waals surface area contributed by atoms with Crippen molar-refractivity contribution in [2.75, 3.05) is 0 Å². The van der Waals surface area contributed by atoms with E-state index in [1.54, 1.807) is 13.8 Å². The number of carbonyl (C=O) groups excluding carboxylic acids is 1. The highest BCUT2D eigenvalue weighted by Gasteiger charge is 2.56. The standard InChI is InChI=1S/C8H11F3O3/c1-4(7(3)5(2)14-7)13-6(12)8(9,10)11/h4-5H,1-3H3/t4-,5+,7-/m1/s1. The minimum atomic E-state index is -4.94. The van der Waals surface area contributed by atoms with Gasteiger partial charge in [-0.15, -0.1) is 0 Å². The Bertz CT molecular complexity index is 251. The van der Waals surface area contributed by atoms with E-state index in [0.717, 1.165) is 0 Å². The highest BCUT2D eigenvalue weighted by molar-refractivity contribution is 5.75. The van der Waals surface area contributed by atoms with Crippen LogP contribution < -0.4 is 0 Å². The second-order valence-electron chi connectivity index (χ2n) is 3.49. The fourth-order valence-electron chi connectivity index (χ4n) is 1.12. The Kier molecular flexibility index (Phi) is 2.51. The van der Waals surface area contributed by atoms with Crippen LogP contribution in [0.5, 0.6) is 0 Å². The highest BCUT2D eigenvalue weighted by Crippen LogP contribution is 2.40. The van der Waals surface area contributed by atoms with Crippen molar-refractivity contribution in [1.82, 2.24) is 0 Å². The molecule has 1 rings (SSSR count). The van der Waals surface area contributed by atoms with Gasteiger partial charge in [-0.05, 0) is 20.8 Å². The number of alkyl halides is 3. The van der Waals surface area contributed by atoms with Crippen LogP contribution in [0.15, 0.2) is 0 Å². The molecule has 0 amide bonds. The summed E-state index contributed by atoms with van der Waals surface area (Å²) in [6, 6.07) is 0. The topological polar surface area (TPSA) is 38.8 Å². The molecule has 0 spiro atoms. The lowest BCUT2D eigenvalue weighted by Crippen LogP contribution is -2.36. The van der Waals surface area contributed by atoms with Crippen LogP contribution in [0, 0.1) is 0 Å². The van der Waals surface area contributed by atoms with Crippen molar-refractivity contribution >= 4 is 5.97 Å². The number of ether oxygens (including phenoxy) is 2. The molecule has 1 saturated heterocycles. The SMILES string of the molecule is C[C@@H]1O[C@]1(C)[C@@H](C)OC(=O)C(F)(F)F. The molecule has 14 heavy (non-hydrogen) atoms. The molecular weight excluding hydrogens is 201 g/mol. The average Bonchev–Trinajstić information content (AvgIpc) is 2.59. The first kappa shape index (κ1) is 11.3. The smallest absolute Gasteiger partial charge is 0.453 e. The number of rotatable bonds is 2. The van der Waals surface area contributed by atoms with Crippen molar-refractivity contribution in [2.24, 2.45) is 0 Å². The molecule has 0 aromatic rings. The van der Waals surface area contributed by atoms with Gasteiger partial charge in [0.15, 0.2) is 0 Å². The fourth-order valence-corrected chi connectivity index (χ4v) is 1.12. The van der Waals surface area contributed by atoms with E-state index >= 15 is 0 Å². The molecule has 0 aromatic heterocycles. The van der Waals surface area contributed by atoms with Gasteiger partial charge in [-0.1, -0.05) is 0 Å². The maximum absolute atomic E-state index is 11.8. The van der Waals surface area contributed by atoms with Gasteiger partial charge < -0.3 is 9.47 Å². The van der Waals surface area contributed by atoms with E-state index in [-0.39, 0.29) is 6.10 Å². The van der Waals surface area contributed by atoms with Crippen molar-refractivity contribution < 1.29 is 27.4 Å². The minimum absolute atomic E-state index is 0.182. The molecule has 0 radical (unpaired) electrons. The van der Waals surface area contributed by atoms with Gasteiger partial charge in [-0.3, -0.25) is 0 Å². The molecule has 82 valence electrons. The second-order valence-corrected chi connectivity index (χ2v) is 3.49. The molecule has 3 nitrogen and oxygen atoms in total. The summed E-state index contributed by atoms with van der Waals surface area (Å²) < 4.78 is 44.7. The maximum Gasteiger partial charge on any atom is 0.490 e. The lowest BCUT2D eigenvalue weighted by atomic mass is 10.0. The summed E-state index contributed by atoms with van der Waals surface area (Å²) in [6.07, 6.45) is -6.02. The van der Waals surface area contributed by atoms with Crippen molar-refractivity contribution in [2.45, 2.75) is 44.8 Å². The largest absolute Gasteiger partial charge is 0.490 e. The monoisotopic (exact) mass is 212 g/mol. The Morgan fingerprint density at radius 2 is 2.00 bits per heavy atom. The first-order chi connectivity index (χ1) is 6.18. The zero-order chi connectivity index (χ0) is 11.1. The van der Waals surface area contributed by atoms with Crippen LogP contribution in [0.1, 0.15) is 20.8 Å². The summed E-state index contributed by atoms with van der Waals surface area (Å²) in [5.74, 6) is -2.17. The van der Waals surface area contributed by atoms with E-state index in [1.165, 1.54) is 6.92 Å². The van der Waals surface area contributed by atoms with Gasteiger partial charge in [-0.25, -0.2) is 4.79 Å². The number of halogens is 3. The van der Waals surface area contributed by atoms with Gasteiger partial charge in [0.1, 0.15) is 11.7 Å². The van der Waals surface area contributed by atoms with Crippen LogP contribution in [0.25, 0.3) is 0 Å². The third-order valence-electron chi connectivity index (χ3n) is 2.50. The first-order valence-corrected chi connectivity index (χ1v) is 4.13. The van der Waals surface area contributed by atoms with Crippen LogP contribution in [-0.2, 0) is 14.3 Å². The number of esters is 1. The zero-order valence-corrected chi connectivity index (χ0v) is 8.01. The number of carbonyl (C=O) groups is 1. The van der Waals surface area contributed by atoms with E-state index in [4.69, 9.17) is 4.74 Å². The van der Waals surface area contributed by atoms with Gasteiger partial charge in [0.2, 0.25) is 0 Å². The Morgan fingerprint density at radius 1 is 1.57 bits per heavy atom. The number of hydrogen-bond acceptors (Lipinski definition) is 3. The van der Waals surface area contributed by atoms with Gasteiger partial charge in [-0.2, -0.15) is 13.2 Å². The Morgan fingerprint density at radius 3 is 2.29 bits per heavy atom. The van der Waals surface area contributed by atoms with Crippen LogP contribution in [0.4, 0.5) is 13.2 Å². The van der Waals surface area contributed by atoms with Crippen LogP contribution in [0.2, 0.25) is 0 Å². The molecule has 0 bridgehead atoms. The zero-order valence-electron chi connectivity index (χ0n) is 8.01. The van der Waals surface area contributed by atoms with Gasteiger partial charge in [0.05, 0.1) is 6.10 Å².